The highest BCUT2D eigenvalue weighted by molar-refractivity contribution is 5.56. The van der Waals surface area contributed by atoms with Crippen LogP contribution in [0.4, 0.5) is 11.4 Å². The summed E-state index contributed by atoms with van der Waals surface area (Å²) in [7, 11) is 2.02. The zero-order chi connectivity index (χ0) is 14.7. The molecular weight excluding hydrogens is 254 g/mol. The molecule has 1 aromatic carbocycles. The number of hydrogen-bond acceptors (Lipinski definition) is 4. The first-order valence-electron chi connectivity index (χ1n) is 7.22. The lowest BCUT2D eigenvalue weighted by molar-refractivity contribution is -0.384. The lowest BCUT2D eigenvalue weighted by Gasteiger charge is -2.38. The third-order valence-electron chi connectivity index (χ3n) is 4.33. The lowest BCUT2D eigenvalue weighted by Crippen LogP contribution is -2.43. The second kappa shape index (κ2) is 6.22. The van der Waals surface area contributed by atoms with Crippen LogP contribution in [0.3, 0.4) is 0 Å². The fourth-order valence-electron chi connectivity index (χ4n) is 3.22. The Bertz CT molecular complexity index is 490. The minimum atomic E-state index is -0.328. The molecule has 2 unspecified atom stereocenters. The van der Waals surface area contributed by atoms with E-state index in [0.717, 1.165) is 24.1 Å². The quantitative estimate of drug-likeness (QED) is 0.678. The number of anilines is 1. The van der Waals surface area contributed by atoms with Crippen molar-refractivity contribution in [3.8, 4) is 0 Å². The summed E-state index contributed by atoms with van der Waals surface area (Å²) in [5.41, 5.74) is 7.88. The molecule has 0 bridgehead atoms. The number of aryl methyl sites for hydroxylation is 1. The summed E-state index contributed by atoms with van der Waals surface area (Å²) in [6, 6.07) is 5.67. The predicted molar refractivity (Wildman–Crippen MR) is 81.0 cm³/mol. The van der Waals surface area contributed by atoms with Crippen molar-refractivity contribution in [3.63, 3.8) is 0 Å². The molecule has 0 radical (unpaired) electrons. The molecule has 0 spiro atoms. The molecule has 5 nitrogen and oxygen atoms in total. The molecule has 1 fully saturated rings. The van der Waals surface area contributed by atoms with Gasteiger partial charge in [-0.15, -0.1) is 0 Å². The van der Waals surface area contributed by atoms with E-state index in [1.807, 2.05) is 20.0 Å². The van der Waals surface area contributed by atoms with Crippen molar-refractivity contribution in [2.24, 2.45) is 11.7 Å². The van der Waals surface area contributed by atoms with E-state index in [1.165, 1.54) is 12.8 Å². The first-order valence-corrected chi connectivity index (χ1v) is 7.22. The number of hydrogen-bond donors (Lipinski definition) is 1. The molecule has 1 aliphatic rings. The van der Waals surface area contributed by atoms with Crippen LogP contribution in [0.25, 0.3) is 0 Å². The zero-order valence-corrected chi connectivity index (χ0v) is 12.2. The van der Waals surface area contributed by atoms with Crippen molar-refractivity contribution in [1.82, 2.24) is 0 Å². The van der Waals surface area contributed by atoms with Gasteiger partial charge in [0.25, 0.3) is 5.69 Å². The predicted octanol–water partition coefficient (Wildman–Crippen LogP) is 2.86. The van der Waals surface area contributed by atoms with Gasteiger partial charge < -0.3 is 10.6 Å². The SMILES string of the molecule is Cc1cc(N(C)C2CCCCC2CN)cc([N+](=O)[O-])c1. The molecule has 20 heavy (non-hydrogen) atoms. The van der Waals surface area contributed by atoms with Gasteiger partial charge in [0.05, 0.1) is 4.92 Å². The normalized spacial score (nSPS) is 22.6. The minimum Gasteiger partial charge on any atom is -0.371 e. The molecular formula is C15H23N3O2. The fraction of sp³-hybridized carbons (Fsp3) is 0.600. The van der Waals surface area contributed by atoms with Gasteiger partial charge in [0.15, 0.2) is 0 Å². The molecule has 0 aromatic heterocycles. The average Bonchev–Trinajstić information content (AvgIpc) is 2.45. The van der Waals surface area contributed by atoms with Gasteiger partial charge in [0, 0.05) is 30.9 Å². The molecule has 1 saturated carbocycles. The molecule has 0 amide bonds. The number of nitro groups is 1. The first kappa shape index (κ1) is 14.8. The van der Waals surface area contributed by atoms with Crippen LogP contribution in [0.5, 0.6) is 0 Å². The maximum Gasteiger partial charge on any atom is 0.271 e. The molecule has 2 rings (SSSR count). The Kier molecular flexibility index (Phi) is 4.60. The summed E-state index contributed by atoms with van der Waals surface area (Å²) >= 11 is 0. The van der Waals surface area contributed by atoms with Crippen LogP contribution in [0.1, 0.15) is 31.2 Å². The van der Waals surface area contributed by atoms with E-state index in [4.69, 9.17) is 5.73 Å². The number of nitro benzene ring substituents is 1. The van der Waals surface area contributed by atoms with Gasteiger partial charge in [-0.2, -0.15) is 0 Å². The van der Waals surface area contributed by atoms with E-state index in [0.29, 0.717) is 18.5 Å². The molecule has 0 heterocycles. The van der Waals surface area contributed by atoms with Gasteiger partial charge in [0.1, 0.15) is 0 Å². The van der Waals surface area contributed by atoms with Gasteiger partial charge in [0.2, 0.25) is 0 Å². The Morgan fingerprint density at radius 1 is 1.35 bits per heavy atom. The Balaban J connectivity index is 2.27. The van der Waals surface area contributed by atoms with Gasteiger partial charge >= 0.3 is 0 Å². The summed E-state index contributed by atoms with van der Waals surface area (Å²) in [5, 5.41) is 11.0. The van der Waals surface area contributed by atoms with Gasteiger partial charge in [-0.25, -0.2) is 0 Å². The maximum atomic E-state index is 11.0. The standard InChI is InChI=1S/C15H23N3O2/c1-11-7-13(9-14(8-11)18(19)20)17(2)15-6-4-3-5-12(15)10-16/h7-9,12,15H,3-6,10,16H2,1-2H3. The molecule has 0 aliphatic heterocycles. The van der Waals surface area contributed by atoms with Gasteiger partial charge in [-0.05, 0) is 43.9 Å². The highest BCUT2D eigenvalue weighted by Gasteiger charge is 2.28. The van der Waals surface area contributed by atoms with Gasteiger partial charge in [-0.1, -0.05) is 12.8 Å². The Labute approximate surface area is 119 Å². The largest absolute Gasteiger partial charge is 0.371 e. The zero-order valence-electron chi connectivity index (χ0n) is 12.2. The molecule has 2 atom stereocenters. The minimum absolute atomic E-state index is 0.159. The molecule has 0 saturated heterocycles. The molecule has 5 heteroatoms. The van der Waals surface area contributed by atoms with Crippen LogP contribution in [-0.2, 0) is 0 Å². The second-order valence-corrected chi connectivity index (χ2v) is 5.74. The maximum absolute atomic E-state index is 11.0. The van der Waals surface area contributed by atoms with Crippen molar-refractivity contribution in [2.75, 3.05) is 18.5 Å². The van der Waals surface area contributed by atoms with Crippen molar-refractivity contribution in [3.05, 3.63) is 33.9 Å². The van der Waals surface area contributed by atoms with E-state index in [-0.39, 0.29) is 10.6 Å². The fourth-order valence-corrected chi connectivity index (χ4v) is 3.22. The molecule has 2 N–H and O–H groups in total. The van der Waals surface area contributed by atoms with Crippen molar-refractivity contribution >= 4 is 11.4 Å². The first-order chi connectivity index (χ1) is 9.52. The molecule has 1 aliphatic carbocycles. The molecule has 1 aromatic rings. The number of rotatable bonds is 4. The lowest BCUT2D eigenvalue weighted by atomic mass is 9.83. The van der Waals surface area contributed by atoms with E-state index >= 15 is 0 Å². The number of benzene rings is 1. The summed E-state index contributed by atoms with van der Waals surface area (Å²) in [6.45, 7) is 2.58. The van der Waals surface area contributed by atoms with Gasteiger partial charge in [-0.3, -0.25) is 10.1 Å². The Morgan fingerprint density at radius 2 is 2.05 bits per heavy atom. The van der Waals surface area contributed by atoms with E-state index < -0.39 is 0 Å². The monoisotopic (exact) mass is 277 g/mol. The molecule has 110 valence electrons. The van der Waals surface area contributed by atoms with Crippen LogP contribution in [0.15, 0.2) is 18.2 Å². The van der Waals surface area contributed by atoms with E-state index in [1.54, 1.807) is 12.1 Å². The van der Waals surface area contributed by atoms with Crippen molar-refractivity contribution < 1.29 is 4.92 Å². The van der Waals surface area contributed by atoms with Crippen molar-refractivity contribution in [1.29, 1.82) is 0 Å². The number of nitrogens with two attached hydrogens (primary N) is 1. The van der Waals surface area contributed by atoms with Crippen LogP contribution < -0.4 is 10.6 Å². The third kappa shape index (κ3) is 3.10. The van der Waals surface area contributed by atoms with Crippen molar-refractivity contribution in [2.45, 2.75) is 38.6 Å². The highest BCUT2D eigenvalue weighted by atomic mass is 16.6. The number of non-ortho nitro benzene ring substituents is 1. The number of nitrogens with zero attached hydrogens (tertiary/aromatic N) is 2. The average molecular weight is 277 g/mol. The topological polar surface area (TPSA) is 72.4 Å². The summed E-state index contributed by atoms with van der Waals surface area (Å²) < 4.78 is 0. The smallest absolute Gasteiger partial charge is 0.271 e. The summed E-state index contributed by atoms with van der Waals surface area (Å²) in [6.07, 6.45) is 4.71. The van der Waals surface area contributed by atoms with Crippen LogP contribution in [0, 0.1) is 23.0 Å². The third-order valence-corrected chi connectivity index (χ3v) is 4.33. The van der Waals surface area contributed by atoms with Crippen LogP contribution >= 0.6 is 0 Å². The Hall–Kier alpha value is -1.62. The van der Waals surface area contributed by atoms with Crippen LogP contribution in [-0.4, -0.2) is 24.6 Å². The summed E-state index contributed by atoms with van der Waals surface area (Å²) in [5.74, 6) is 0.480. The summed E-state index contributed by atoms with van der Waals surface area (Å²) in [4.78, 5) is 12.8. The second-order valence-electron chi connectivity index (χ2n) is 5.74. The van der Waals surface area contributed by atoms with E-state index in [2.05, 4.69) is 4.90 Å². The highest BCUT2D eigenvalue weighted by Crippen LogP contribution is 2.32. The van der Waals surface area contributed by atoms with Crippen LogP contribution in [0.2, 0.25) is 0 Å². The Morgan fingerprint density at radius 3 is 2.70 bits per heavy atom. The van der Waals surface area contributed by atoms with E-state index in [9.17, 15) is 10.1 Å².